The lowest BCUT2D eigenvalue weighted by Crippen LogP contribution is -1.62. The molecule has 0 unspecified atom stereocenters. The number of hydrogen-bond donors (Lipinski definition) is 15. The highest BCUT2D eigenvalue weighted by atomic mass is 16.3. The van der Waals surface area contributed by atoms with Gasteiger partial charge in [0.25, 0.3) is 0 Å². The van der Waals surface area contributed by atoms with Gasteiger partial charge in [0.15, 0.2) is 0 Å². The summed E-state index contributed by atoms with van der Waals surface area (Å²) in [5, 5.41) is 105. The summed E-state index contributed by atoms with van der Waals surface area (Å²) in [5.74, 6) is 0. The van der Waals surface area contributed by atoms with E-state index in [4.69, 9.17) is 76.6 Å². The zero-order chi connectivity index (χ0) is 72.9. The van der Waals surface area contributed by atoms with Crippen molar-refractivity contribution in [1.82, 2.24) is 0 Å². The Hall–Kier alpha value is -6.84. The highest BCUT2D eigenvalue weighted by Crippen LogP contribution is 1.96. The van der Waals surface area contributed by atoms with E-state index in [1.54, 1.807) is 0 Å². The van der Waals surface area contributed by atoms with Crippen molar-refractivity contribution in [3.8, 4) is 0 Å². The normalized spacial score (nSPS) is 6.64. The Morgan fingerprint density at radius 1 is 0.114 bits per heavy atom. The van der Waals surface area contributed by atoms with E-state index in [1.807, 2.05) is 159 Å². The molecular formula is C73H130O15. The summed E-state index contributed by atoms with van der Waals surface area (Å²) in [4.78, 5) is 0. The smallest absolute Gasteiger partial charge is 0.0319 e. The van der Waals surface area contributed by atoms with Crippen LogP contribution in [0.3, 0.4) is 0 Å². The lowest BCUT2D eigenvalue weighted by Gasteiger charge is -1.82. The van der Waals surface area contributed by atoms with E-state index in [9.17, 15) is 0 Å². The van der Waals surface area contributed by atoms with Gasteiger partial charge in [-0.05, 0) is 55.4 Å². The number of aliphatic hydroxyl groups excluding tert-OH is 15. The maximum absolute atomic E-state index is 7.00. The van der Waals surface area contributed by atoms with E-state index in [-0.39, 0.29) is 0 Å². The summed E-state index contributed by atoms with van der Waals surface area (Å²) < 4.78 is 0. The Labute approximate surface area is 537 Å². The van der Waals surface area contributed by atoms with E-state index in [0.29, 0.717) is 0 Å². The maximum atomic E-state index is 7.00. The van der Waals surface area contributed by atoms with Gasteiger partial charge in [-0.1, -0.05) is 301 Å². The van der Waals surface area contributed by atoms with Gasteiger partial charge in [-0.2, -0.15) is 0 Å². The van der Waals surface area contributed by atoms with Crippen LogP contribution in [0.15, 0.2) is 243 Å². The molecule has 0 radical (unpaired) electrons. The zero-order valence-electron chi connectivity index (χ0n) is 58.8. The van der Waals surface area contributed by atoms with Gasteiger partial charge in [-0.25, -0.2) is 0 Å². The van der Waals surface area contributed by atoms with Crippen LogP contribution in [-0.2, 0) is 0 Å². The molecule has 0 aliphatic rings. The van der Waals surface area contributed by atoms with Gasteiger partial charge in [0.05, 0.1) is 0 Å². The summed E-state index contributed by atoms with van der Waals surface area (Å²) in [7, 11) is 15.0. The van der Waals surface area contributed by atoms with Gasteiger partial charge >= 0.3 is 0 Å². The van der Waals surface area contributed by atoms with E-state index >= 15 is 0 Å². The first-order valence-electron chi connectivity index (χ1n) is 27.0. The van der Waals surface area contributed by atoms with E-state index in [0.717, 1.165) is 107 Å². The Bertz CT molecular complexity index is 1550. The van der Waals surface area contributed by atoms with Crippen LogP contribution in [0.1, 0.15) is 58.4 Å². The van der Waals surface area contributed by atoms with Crippen molar-refractivity contribution in [2.45, 2.75) is 69.2 Å². The van der Waals surface area contributed by atoms with Crippen LogP contribution in [0.25, 0.3) is 0 Å². The molecule has 8 aromatic rings. The minimum atomic E-state index is 1.00. The average Bonchev–Trinajstić information content (AvgIpc) is 3.64. The molecule has 0 fully saturated rings. The minimum Gasteiger partial charge on any atom is -0.400 e. The van der Waals surface area contributed by atoms with Crippen LogP contribution < -0.4 is 0 Å². The van der Waals surface area contributed by atoms with E-state index < -0.39 is 0 Å². The molecule has 15 N–H and O–H groups in total. The second kappa shape index (κ2) is 154. The van der Waals surface area contributed by atoms with Gasteiger partial charge in [0, 0.05) is 107 Å². The van der Waals surface area contributed by atoms with Gasteiger partial charge < -0.3 is 76.6 Å². The molecule has 0 aliphatic carbocycles. The molecule has 0 heterocycles. The van der Waals surface area contributed by atoms with Crippen molar-refractivity contribution in [3.63, 3.8) is 0 Å². The standard InChI is InChI=1S/8C7H8.C2H6.15CH4O/c8*1-7-5-3-2-4-6-7;16*1-2/h8*2-6H,1H3;1-2H3;15*2H,1H3. The summed E-state index contributed by atoms with van der Waals surface area (Å²) >= 11 is 0. The molecule has 512 valence electrons. The molecule has 0 amide bonds. The SMILES string of the molecule is CC.CO.CO.CO.CO.CO.CO.CO.CO.CO.CO.CO.CO.CO.CO.CO.Cc1ccccc1.Cc1ccccc1.Cc1ccccc1.Cc1ccccc1.Cc1ccccc1.Cc1ccccc1.Cc1ccccc1.Cc1ccccc1. The van der Waals surface area contributed by atoms with Gasteiger partial charge in [-0.3, -0.25) is 0 Å². The number of aliphatic hydroxyl groups is 15. The third-order valence-corrected chi connectivity index (χ3v) is 7.52. The van der Waals surface area contributed by atoms with Crippen LogP contribution >= 0.6 is 0 Å². The van der Waals surface area contributed by atoms with Gasteiger partial charge in [-0.15, -0.1) is 0 Å². The van der Waals surface area contributed by atoms with Crippen molar-refractivity contribution >= 4 is 0 Å². The third-order valence-electron chi connectivity index (χ3n) is 7.52. The molecule has 0 saturated carbocycles. The Kier molecular flexibility index (Phi) is 215. The van der Waals surface area contributed by atoms with Crippen LogP contribution in [0.2, 0.25) is 0 Å². The molecule has 8 rings (SSSR count). The largest absolute Gasteiger partial charge is 0.400 e. The fraction of sp³-hybridized carbons (Fsp3) is 0.342. The molecule has 15 heteroatoms. The van der Waals surface area contributed by atoms with Crippen molar-refractivity contribution in [2.75, 3.05) is 107 Å². The first kappa shape index (κ1) is 123. The van der Waals surface area contributed by atoms with E-state index in [2.05, 4.69) is 152 Å². The zero-order valence-corrected chi connectivity index (χ0v) is 58.8. The molecule has 15 nitrogen and oxygen atoms in total. The summed E-state index contributed by atoms with van der Waals surface area (Å²) in [6.07, 6.45) is 0. The van der Waals surface area contributed by atoms with E-state index in [1.165, 1.54) is 44.5 Å². The lowest BCUT2D eigenvalue weighted by atomic mass is 10.2. The van der Waals surface area contributed by atoms with Crippen molar-refractivity contribution in [1.29, 1.82) is 0 Å². The molecule has 0 saturated heterocycles. The maximum Gasteiger partial charge on any atom is 0.0319 e. The third kappa shape index (κ3) is 148. The van der Waals surface area contributed by atoms with Crippen LogP contribution in [0.4, 0.5) is 0 Å². The van der Waals surface area contributed by atoms with Crippen LogP contribution in [0, 0.1) is 55.4 Å². The highest BCUT2D eigenvalue weighted by Gasteiger charge is 1.76. The molecule has 8 aromatic carbocycles. The monoisotopic (exact) mass is 1250 g/mol. The molecule has 0 bridgehead atoms. The molecule has 0 aliphatic heterocycles. The van der Waals surface area contributed by atoms with Crippen molar-refractivity contribution < 1.29 is 76.6 Å². The fourth-order valence-electron chi connectivity index (χ4n) is 4.28. The second-order valence-corrected chi connectivity index (χ2v) is 13.2. The molecular weight excluding hydrogens is 1120 g/mol. The number of aryl methyl sites for hydroxylation is 8. The molecule has 0 aromatic heterocycles. The number of benzene rings is 8. The first-order valence-corrected chi connectivity index (χ1v) is 27.0. The number of rotatable bonds is 0. The molecule has 0 atom stereocenters. The van der Waals surface area contributed by atoms with Crippen molar-refractivity contribution in [3.05, 3.63) is 287 Å². The second-order valence-electron chi connectivity index (χ2n) is 13.2. The Morgan fingerprint density at radius 3 is 0.182 bits per heavy atom. The van der Waals surface area contributed by atoms with Crippen LogP contribution in [-0.4, -0.2) is 183 Å². The Balaban J connectivity index is -0.0000000451. The summed E-state index contributed by atoms with van der Waals surface area (Å²) in [5.41, 5.74) is 10.6. The predicted octanol–water partition coefficient (Wildman–Crippen LogP) is 11.1. The summed E-state index contributed by atoms with van der Waals surface area (Å²) in [6, 6.07) is 82.1. The average molecular weight is 1250 g/mol. The topological polar surface area (TPSA) is 303 Å². The van der Waals surface area contributed by atoms with Crippen molar-refractivity contribution in [2.24, 2.45) is 0 Å². The Morgan fingerprint density at radius 2 is 0.159 bits per heavy atom. The fourth-order valence-corrected chi connectivity index (χ4v) is 4.28. The molecule has 0 spiro atoms. The summed E-state index contributed by atoms with van der Waals surface area (Å²) in [6.45, 7) is 20.7. The minimum absolute atomic E-state index is 1.00. The predicted molar refractivity (Wildman–Crippen MR) is 383 cm³/mol. The first-order chi connectivity index (χ1) is 43.2. The molecule has 88 heavy (non-hydrogen) atoms. The van der Waals surface area contributed by atoms with Crippen LogP contribution in [0.5, 0.6) is 0 Å². The van der Waals surface area contributed by atoms with Gasteiger partial charge in [0.1, 0.15) is 0 Å². The van der Waals surface area contributed by atoms with Gasteiger partial charge in [0.2, 0.25) is 0 Å². The lowest BCUT2D eigenvalue weighted by molar-refractivity contribution is 0.399. The highest BCUT2D eigenvalue weighted by molar-refractivity contribution is 5.16. The number of hydrogen-bond acceptors (Lipinski definition) is 15. The quantitative estimate of drug-likeness (QED) is 0.0671.